The van der Waals surface area contributed by atoms with Crippen LogP contribution in [0.1, 0.15) is 0 Å². The van der Waals surface area contributed by atoms with E-state index in [9.17, 15) is 5.11 Å². The molecule has 0 aliphatic rings. The second-order valence-electron chi connectivity index (χ2n) is 6.43. The highest BCUT2D eigenvalue weighted by Crippen LogP contribution is 2.34. The highest BCUT2D eigenvalue weighted by Gasteiger charge is 2.13. The largest absolute Gasteiger partial charge is 0.507 e. The average molecular weight is 384 g/mol. The first-order chi connectivity index (χ1) is 13.8. The fourth-order valence-electron chi connectivity index (χ4n) is 3.37. The molecule has 0 saturated carbocycles. The van der Waals surface area contributed by atoms with Crippen molar-refractivity contribution in [2.45, 2.75) is 0 Å². The number of rotatable bonds is 5. The van der Waals surface area contributed by atoms with E-state index in [4.69, 9.17) is 4.74 Å². The Morgan fingerprint density at radius 1 is 0.571 bits per heavy atom. The lowest BCUT2D eigenvalue weighted by molar-refractivity contribution is 0.416. The molecule has 28 heavy (non-hydrogen) atoms. The summed E-state index contributed by atoms with van der Waals surface area (Å²) in [6, 6.07) is 32.3. The maximum atomic E-state index is 10.3. The number of ether oxygens (including phenoxy) is 1. The van der Waals surface area contributed by atoms with E-state index in [-0.39, 0.29) is 0 Å². The molecule has 0 fully saturated rings. The van der Waals surface area contributed by atoms with Gasteiger partial charge in [0.1, 0.15) is 11.5 Å². The van der Waals surface area contributed by atoms with Gasteiger partial charge in [-0.05, 0) is 33.9 Å². The van der Waals surface area contributed by atoms with Crippen molar-refractivity contribution in [3.05, 3.63) is 97.1 Å². The molecule has 4 aromatic carbocycles. The highest BCUT2D eigenvalue weighted by atomic mass is 31.1. The van der Waals surface area contributed by atoms with E-state index >= 15 is 0 Å². The van der Waals surface area contributed by atoms with E-state index in [1.165, 1.54) is 16.2 Å². The molecular formula is C25H21O2P. The molecule has 4 aromatic rings. The summed E-state index contributed by atoms with van der Waals surface area (Å²) in [4.78, 5) is 0. The van der Waals surface area contributed by atoms with Crippen LogP contribution in [0.5, 0.6) is 11.5 Å². The Labute approximate surface area is 167 Å². The van der Waals surface area contributed by atoms with Crippen LogP contribution in [0.25, 0.3) is 22.3 Å². The molecule has 4 rings (SSSR count). The third-order valence-electron chi connectivity index (χ3n) is 4.71. The number of hydrogen-bond acceptors (Lipinski definition) is 2. The van der Waals surface area contributed by atoms with Crippen LogP contribution in [0.2, 0.25) is 0 Å². The molecule has 0 radical (unpaired) electrons. The number of phenols is 1. The first-order valence-corrected chi connectivity index (χ1v) is 10.1. The molecule has 0 amide bonds. The van der Waals surface area contributed by atoms with Crippen molar-refractivity contribution >= 4 is 19.2 Å². The quantitative estimate of drug-likeness (QED) is 0.469. The Kier molecular flexibility index (Phi) is 5.41. The fourth-order valence-corrected chi connectivity index (χ4v) is 4.72. The monoisotopic (exact) mass is 384 g/mol. The molecule has 138 valence electrons. The molecule has 1 atom stereocenters. The molecule has 1 unspecified atom stereocenters. The summed E-state index contributed by atoms with van der Waals surface area (Å²) in [5, 5.41) is 12.8. The first kappa shape index (κ1) is 18.3. The smallest absolute Gasteiger partial charge is 0.126 e. The first-order valence-electron chi connectivity index (χ1n) is 9.15. The zero-order valence-corrected chi connectivity index (χ0v) is 16.6. The topological polar surface area (TPSA) is 29.5 Å². The fraction of sp³-hybridized carbons (Fsp3) is 0.0400. The molecule has 0 saturated heterocycles. The lowest BCUT2D eigenvalue weighted by atomic mass is 10.0. The maximum Gasteiger partial charge on any atom is 0.126 e. The van der Waals surface area contributed by atoms with Crippen LogP contribution in [-0.2, 0) is 0 Å². The van der Waals surface area contributed by atoms with Crippen molar-refractivity contribution in [3.63, 3.8) is 0 Å². The van der Waals surface area contributed by atoms with Crippen molar-refractivity contribution in [3.8, 4) is 33.8 Å². The molecular weight excluding hydrogens is 363 g/mol. The zero-order chi connectivity index (χ0) is 19.3. The number of para-hydroxylation sites is 2. The van der Waals surface area contributed by atoms with Gasteiger partial charge in [0, 0.05) is 11.1 Å². The van der Waals surface area contributed by atoms with Gasteiger partial charge in [0.05, 0.1) is 7.11 Å². The van der Waals surface area contributed by atoms with Gasteiger partial charge < -0.3 is 9.84 Å². The summed E-state index contributed by atoms with van der Waals surface area (Å²) in [7, 11) is 2.16. The van der Waals surface area contributed by atoms with E-state index in [0.29, 0.717) is 14.3 Å². The highest BCUT2D eigenvalue weighted by molar-refractivity contribution is 7.56. The van der Waals surface area contributed by atoms with Gasteiger partial charge in [-0.1, -0.05) is 93.5 Å². The van der Waals surface area contributed by atoms with Crippen LogP contribution < -0.4 is 15.3 Å². The summed E-state index contributed by atoms with van der Waals surface area (Å²) in [5.41, 5.74) is 4.19. The Morgan fingerprint density at radius 3 is 1.64 bits per heavy atom. The van der Waals surface area contributed by atoms with E-state index < -0.39 is 0 Å². The minimum Gasteiger partial charge on any atom is -0.507 e. The van der Waals surface area contributed by atoms with E-state index in [1.807, 2.05) is 42.5 Å². The van der Waals surface area contributed by atoms with Crippen LogP contribution in [0.3, 0.4) is 0 Å². The van der Waals surface area contributed by atoms with Crippen LogP contribution >= 0.6 is 8.58 Å². The standard InChI is InChI=1S/C25H21O2P/c1-27-23-15-7-3-11-19(23)21-13-5-9-17-25(21)28-24-16-8-4-12-20(24)18-10-2-6-14-22(18)26/h2-17,26,28H,1H3. The minimum atomic E-state index is 0.303. The molecule has 0 aromatic heterocycles. The number of phenolic OH excluding ortho intramolecular Hbond substituents is 1. The average Bonchev–Trinajstić information content (AvgIpc) is 2.75. The number of hydrogen-bond donors (Lipinski definition) is 1. The number of benzene rings is 4. The van der Waals surface area contributed by atoms with E-state index in [2.05, 4.69) is 48.5 Å². The van der Waals surface area contributed by atoms with Crippen molar-refractivity contribution in [1.82, 2.24) is 0 Å². The van der Waals surface area contributed by atoms with Gasteiger partial charge in [-0.2, -0.15) is 0 Å². The van der Waals surface area contributed by atoms with Crippen molar-refractivity contribution in [2.75, 3.05) is 7.11 Å². The zero-order valence-electron chi connectivity index (χ0n) is 15.6. The minimum absolute atomic E-state index is 0.303. The van der Waals surface area contributed by atoms with Crippen LogP contribution in [0.15, 0.2) is 97.1 Å². The molecule has 0 bridgehead atoms. The van der Waals surface area contributed by atoms with Gasteiger partial charge in [-0.15, -0.1) is 0 Å². The van der Waals surface area contributed by atoms with E-state index in [1.54, 1.807) is 13.2 Å². The van der Waals surface area contributed by atoms with Crippen LogP contribution in [-0.4, -0.2) is 12.2 Å². The molecule has 0 heterocycles. The second kappa shape index (κ2) is 8.29. The summed E-state index contributed by atoms with van der Waals surface area (Å²) in [6.07, 6.45) is 0. The van der Waals surface area contributed by atoms with Crippen LogP contribution in [0, 0.1) is 0 Å². The number of aromatic hydroxyl groups is 1. The lowest BCUT2D eigenvalue weighted by Gasteiger charge is -2.15. The third kappa shape index (κ3) is 3.65. The molecule has 2 nitrogen and oxygen atoms in total. The molecule has 0 aliphatic carbocycles. The van der Waals surface area contributed by atoms with Gasteiger partial charge in [-0.3, -0.25) is 0 Å². The summed E-state index contributed by atoms with van der Waals surface area (Å²) in [6.45, 7) is 0. The van der Waals surface area contributed by atoms with Crippen molar-refractivity contribution in [1.29, 1.82) is 0 Å². The van der Waals surface area contributed by atoms with Gasteiger partial charge in [-0.25, -0.2) is 0 Å². The van der Waals surface area contributed by atoms with Crippen molar-refractivity contribution in [2.24, 2.45) is 0 Å². The van der Waals surface area contributed by atoms with Crippen molar-refractivity contribution < 1.29 is 9.84 Å². The predicted octanol–water partition coefficient (Wildman–Crippen LogP) is 5.36. The third-order valence-corrected chi connectivity index (χ3v) is 6.13. The Bertz CT molecular complexity index is 1100. The summed E-state index contributed by atoms with van der Waals surface area (Å²) < 4.78 is 5.58. The Hall–Kier alpha value is -3.09. The molecule has 0 aliphatic heterocycles. The van der Waals surface area contributed by atoms with Gasteiger partial charge in [0.2, 0.25) is 0 Å². The van der Waals surface area contributed by atoms with Gasteiger partial charge >= 0.3 is 0 Å². The number of methoxy groups -OCH3 is 1. The molecule has 1 N–H and O–H groups in total. The normalized spacial score (nSPS) is 11.0. The van der Waals surface area contributed by atoms with Gasteiger partial charge in [0.15, 0.2) is 0 Å². The predicted molar refractivity (Wildman–Crippen MR) is 120 cm³/mol. The van der Waals surface area contributed by atoms with E-state index in [0.717, 1.165) is 22.4 Å². The Balaban J connectivity index is 1.80. The Morgan fingerprint density at radius 2 is 1.04 bits per heavy atom. The SMILES string of the molecule is COc1ccccc1-c1ccccc1Pc1ccccc1-c1ccccc1O. The van der Waals surface area contributed by atoms with Crippen LogP contribution in [0.4, 0.5) is 0 Å². The summed E-state index contributed by atoms with van der Waals surface area (Å²) in [5.74, 6) is 1.17. The maximum absolute atomic E-state index is 10.3. The molecule has 3 heteroatoms. The van der Waals surface area contributed by atoms with Gasteiger partial charge in [0.25, 0.3) is 0 Å². The second-order valence-corrected chi connectivity index (χ2v) is 7.76. The summed E-state index contributed by atoms with van der Waals surface area (Å²) >= 11 is 0. The molecule has 0 spiro atoms. The lowest BCUT2D eigenvalue weighted by Crippen LogP contribution is -2.09.